The number of benzene rings is 1. The molecule has 1 atom stereocenters. The van der Waals surface area contributed by atoms with Crippen LogP contribution in [0.15, 0.2) is 58.5 Å². The Morgan fingerprint density at radius 3 is 2.76 bits per heavy atom. The van der Waals surface area contributed by atoms with Crippen LogP contribution < -0.4 is 0 Å². The minimum absolute atomic E-state index is 0.181. The number of aromatic nitrogens is 4. The molecule has 0 saturated carbocycles. The summed E-state index contributed by atoms with van der Waals surface area (Å²) >= 11 is 0. The van der Waals surface area contributed by atoms with Crippen LogP contribution in [0.4, 0.5) is 0 Å². The minimum atomic E-state index is -0.623. The molecular weight excluding hydrogens is 376 g/mol. The molecule has 0 spiro atoms. The van der Waals surface area contributed by atoms with Crippen LogP contribution in [0.2, 0.25) is 0 Å². The van der Waals surface area contributed by atoms with Crippen molar-refractivity contribution in [2.24, 2.45) is 5.10 Å². The molecule has 1 unspecified atom stereocenters. The molecule has 3 aromatic rings. The van der Waals surface area contributed by atoms with E-state index >= 15 is 0 Å². The van der Waals surface area contributed by atoms with E-state index in [4.69, 9.17) is 9.15 Å². The van der Waals surface area contributed by atoms with Crippen molar-refractivity contribution in [3.05, 3.63) is 65.9 Å². The number of tetrazole rings is 1. The number of furan rings is 1. The van der Waals surface area contributed by atoms with E-state index in [1.165, 1.54) is 16.0 Å². The van der Waals surface area contributed by atoms with Crippen LogP contribution in [0.5, 0.6) is 0 Å². The fourth-order valence-electron chi connectivity index (χ4n) is 3.00. The molecule has 10 heteroatoms. The highest BCUT2D eigenvalue weighted by molar-refractivity contribution is 6.03. The van der Waals surface area contributed by atoms with Crippen molar-refractivity contribution in [3.8, 4) is 0 Å². The van der Waals surface area contributed by atoms with E-state index in [-0.39, 0.29) is 6.54 Å². The van der Waals surface area contributed by atoms with E-state index in [9.17, 15) is 9.59 Å². The number of hydrazone groups is 1. The SMILES string of the molecule is Cc1ccc(C2=NN(C(=O)COC(=O)Cn3cnnn3)C(c3ccco3)C2)cc1. The second kappa shape index (κ2) is 8.05. The summed E-state index contributed by atoms with van der Waals surface area (Å²) in [6.45, 7) is 1.38. The first-order valence-electron chi connectivity index (χ1n) is 8.96. The van der Waals surface area contributed by atoms with Gasteiger partial charge in [0.1, 0.15) is 24.7 Å². The lowest BCUT2D eigenvalue weighted by Gasteiger charge is -2.19. The summed E-state index contributed by atoms with van der Waals surface area (Å²) in [7, 11) is 0. The standard InChI is InChI=1S/C19H18N6O4/c1-13-4-6-14(7-5-13)15-9-16(17-3-2-8-28-17)25(21-15)18(26)11-29-19(27)10-24-12-20-22-23-24/h2-8,12,16H,9-11H2,1H3. The third-order valence-corrected chi connectivity index (χ3v) is 4.46. The zero-order valence-corrected chi connectivity index (χ0v) is 15.6. The predicted molar refractivity (Wildman–Crippen MR) is 99.4 cm³/mol. The number of esters is 1. The Morgan fingerprint density at radius 1 is 1.24 bits per heavy atom. The molecule has 2 aromatic heterocycles. The number of nitrogens with zero attached hydrogens (tertiary/aromatic N) is 6. The molecule has 29 heavy (non-hydrogen) atoms. The maximum absolute atomic E-state index is 12.7. The second-order valence-electron chi connectivity index (χ2n) is 6.55. The van der Waals surface area contributed by atoms with Crippen LogP contribution in [-0.4, -0.2) is 49.4 Å². The number of aryl methyl sites for hydroxylation is 1. The molecule has 4 rings (SSSR count). The van der Waals surface area contributed by atoms with Crippen LogP contribution in [-0.2, 0) is 20.9 Å². The molecule has 1 aliphatic rings. The van der Waals surface area contributed by atoms with Crippen LogP contribution in [0, 0.1) is 6.92 Å². The first-order chi connectivity index (χ1) is 14.1. The number of amides is 1. The van der Waals surface area contributed by atoms with Gasteiger partial charge in [0.15, 0.2) is 6.61 Å². The Balaban J connectivity index is 1.47. The Kier molecular flexibility index (Phi) is 5.14. The smallest absolute Gasteiger partial charge is 0.328 e. The lowest BCUT2D eigenvalue weighted by molar-refractivity contribution is -0.153. The van der Waals surface area contributed by atoms with Crippen molar-refractivity contribution >= 4 is 17.6 Å². The van der Waals surface area contributed by atoms with Gasteiger partial charge in [0, 0.05) is 6.42 Å². The lowest BCUT2D eigenvalue weighted by atomic mass is 10.0. The van der Waals surface area contributed by atoms with Crippen molar-refractivity contribution in [2.45, 2.75) is 25.9 Å². The molecule has 148 valence electrons. The largest absolute Gasteiger partial charge is 0.467 e. The van der Waals surface area contributed by atoms with Gasteiger partial charge >= 0.3 is 5.97 Å². The molecule has 1 aliphatic heterocycles. The summed E-state index contributed by atoms with van der Waals surface area (Å²) in [6, 6.07) is 11.1. The first-order valence-corrected chi connectivity index (χ1v) is 8.96. The number of carbonyl (C=O) groups is 2. The summed E-state index contributed by atoms with van der Waals surface area (Å²) in [5.74, 6) is -0.454. The van der Waals surface area contributed by atoms with Gasteiger partial charge in [0.25, 0.3) is 5.91 Å². The number of carbonyl (C=O) groups excluding carboxylic acids is 2. The van der Waals surface area contributed by atoms with Crippen molar-refractivity contribution in [1.29, 1.82) is 0 Å². The molecule has 1 aromatic carbocycles. The molecule has 0 bridgehead atoms. The van der Waals surface area contributed by atoms with Crippen molar-refractivity contribution in [3.63, 3.8) is 0 Å². The minimum Gasteiger partial charge on any atom is -0.467 e. The molecule has 10 nitrogen and oxygen atoms in total. The zero-order valence-electron chi connectivity index (χ0n) is 15.6. The molecule has 0 saturated heterocycles. The summed E-state index contributed by atoms with van der Waals surface area (Å²) in [6.07, 6.45) is 3.34. The van der Waals surface area contributed by atoms with E-state index in [1.54, 1.807) is 18.4 Å². The van der Waals surface area contributed by atoms with Gasteiger partial charge in [0.05, 0.1) is 12.0 Å². The van der Waals surface area contributed by atoms with Gasteiger partial charge in [-0.3, -0.25) is 9.59 Å². The van der Waals surface area contributed by atoms with Gasteiger partial charge in [-0.05, 0) is 35.0 Å². The molecule has 1 amide bonds. The van der Waals surface area contributed by atoms with Crippen LogP contribution in [0.3, 0.4) is 0 Å². The maximum atomic E-state index is 12.7. The normalized spacial score (nSPS) is 16.0. The Bertz CT molecular complexity index is 1010. The zero-order chi connectivity index (χ0) is 20.2. The van der Waals surface area contributed by atoms with E-state index in [0.29, 0.717) is 12.2 Å². The monoisotopic (exact) mass is 394 g/mol. The van der Waals surface area contributed by atoms with Crippen LogP contribution >= 0.6 is 0 Å². The van der Waals surface area contributed by atoms with Gasteiger partial charge in [0.2, 0.25) is 0 Å². The average Bonchev–Trinajstić information content (AvgIpc) is 3.47. The maximum Gasteiger partial charge on any atom is 0.328 e. The van der Waals surface area contributed by atoms with E-state index < -0.39 is 24.5 Å². The molecule has 0 N–H and O–H groups in total. The van der Waals surface area contributed by atoms with Gasteiger partial charge in [-0.15, -0.1) is 5.10 Å². The lowest BCUT2D eigenvalue weighted by Crippen LogP contribution is -2.31. The molecular formula is C19H18N6O4. The third kappa shape index (κ3) is 4.21. The average molecular weight is 394 g/mol. The highest BCUT2D eigenvalue weighted by Crippen LogP contribution is 2.33. The Morgan fingerprint density at radius 2 is 2.07 bits per heavy atom. The van der Waals surface area contributed by atoms with Gasteiger partial charge in [-0.1, -0.05) is 29.8 Å². The summed E-state index contributed by atoms with van der Waals surface area (Å²) in [5, 5.41) is 16.3. The molecule has 0 fully saturated rings. The van der Waals surface area contributed by atoms with Crippen molar-refractivity contribution < 1.29 is 18.7 Å². The van der Waals surface area contributed by atoms with Gasteiger partial charge in [-0.2, -0.15) is 5.10 Å². The highest BCUT2D eigenvalue weighted by Gasteiger charge is 2.35. The topological polar surface area (TPSA) is 116 Å². The van der Waals surface area contributed by atoms with Crippen LogP contribution in [0.25, 0.3) is 0 Å². The first kappa shape index (κ1) is 18.5. The van der Waals surface area contributed by atoms with Crippen molar-refractivity contribution in [2.75, 3.05) is 6.61 Å². The molecule has 0 aliphatic carbocycles. The summed E-state index contributed by atoms with van der Waals surface area (Å²) in [5.41, 5.74) is 2.83. The van der Waals surface area contributed by atoms with E-state index in [0.717, 1.165) is 16.8 Å². The fourth-order valence-corrected chi connectivity index (χ4v) is 3.00. The van der Waals surface area contributed by atoms with Gasteiger partial charge < -0.3 is 9.15 Å². The number of rotatable bonds is 6. The van der Waals surface area contributed by atoms with E-state index in [1.807, 2.05) is 31.2 Å². The van der Waals surface area contributed by atoms with Gasteiger partial charge in [-0.25, -0.2) is 9.69 Å². The highest BCUT2D eigenvalue weighted by atomic mass is 16.5. The molecule has 0 radical (unpaired) electrons. The third-order valence-electron chi connectivity index (χ3n) is 4.46. The molecule has 3 heterocycles. The number of hydrogen-bond acceptors (Lipinski definition) is 8. The summed E-state index contributed by atoms with van der Waals surface area (Å²) in [4.78, 5) is 24.6. The van der Waals surface area contributed by atoms with Crippen molar-refractivity contribution in [1.82, 2.24) is 25.2 Å². The second-order valence-corrected chi connectivity index (χ2v) is 6.55. The quantitative estimate of drug-likeness (QED) is 0.582. The number of hydrogen-bond donors (Lipinski definition) is 0. The number of ether oxygens (including phenoxy) is 1. The predicted octanol–water partition coefficient (Wildman–Crippen LogP) is 1.50. The van der Waals surface area contributed by atoms with E-state index in [2.05, 4.69) is 20.6 Å². The Hall–Kier alpha value is -3.82. The fraction of sp³-hybridized carbons (Fsp3) is 0.263. The Labute approximate surface area is 165 Å². The summed E-state index contributed by atoms with van der Waals surface area (Å²) < 4.78 is 11.8. The van der Waals surface area contributed by atoms with Crippen LogP contribution in [0.1, 0.15) is 29.3 Å².